The summed E-state index contributed by atoms with van der Waals surface area (Å²) in [6.45, 7) is 0.195. The van der Waals surface area contributed by atoms with Crippen molar-refractivity contribution in [2.45, 2.75) is 13.0 Å². The quantitative estimate of drug-likeness (QED) is 0.696. The SMILES string of the molecule is CN(Cc1nc(-c2ccc(Cl)cc2)no1)C(=O)Cc1ccc(F)cc1. The van der Waals surface area contributed by atoms with Crippen molar-refractivity contribution in [3.63, 3.8) is 0 Å². The van der Waals surface area contributed by atoms with Crippen molar-refractivity contribution >= 4 is 17.5 Å². The number of amides is 1. The van der Waals surface area contributed by atoms with E-state index in [1.54, 1.807) is 43.4 Å². The molecule has 0 bridgehead atoms. The molecule has 0 atom stereocenters. The van der Waals surface area contributed by atoms with E-state index in [9.17, 15) is 9.18 Å². The topological polar surface area (TPSA) is 59.2 Å². The van der Waals surface area contributed by atoms with Gasteiger partial charge in [-0.3, -0.25) is 4.79 Å². The highest BCUT2D eigenvalue weighted by Gasteiger charge is 2.15. The first-order chi connectivity index (χ1) is 12.0. The van der Waals surface area contributed by atoms with Crippen LogP contribution in [0.4, 0.5) is 4.39 Å². The molecule has 1 aromatic heterocycles. The zero-order valence-electron chi connectivity index (χ0n) is 13.4. The minimum absolute atomic E-state index is 0.127. The Bertz CT molecular complexity index is 863. The van der Waals surface area contributed by atoms with Gasteiger partial charge in [0.2, 0.25) is 17.6 Å². The molecule has 1 amide bonds. The largest absolute Gasteiger partial charge is 0.337 e. The van der Waals surface area contributed by atoms with Gasteiger partial charge in [0, 0.05) is 17.6 Å². The fourth-order valence-corrected chi connectivity index (χ4v) is 2.36. The van der Waals surface area contributed by atoms with E-state index in [0.29, 0.717) is 16.7 Å². The van der Waals surface area contributed by atoms with Crippen LogP contribution in [0.2, 0.25) is 5.02 Å². The van der Waals surface area contributed by atoms with Crippen molar-refractivity contribution in [1.29, 1.82) is 0 Å². The molecule has 0 aliphatic heterocycles. The number of hydrogen-bond acceptors (Lipinski definition) is 4. The molecule has 3 rings (SSSR count). The van der Waals surface area contributed by atoms with E-state index in [-0.39, 0.29) is 24.7 Å². The summed E-state index contributed by atoms with van der Waals surface area (Å²) in [6.07, 6.45) is 0.176. The molecule has 25 heavy (non-hydrogen) atoms. The third-order valence-corrected chi connectivity index (χ3v) is 3.89. The molecule has 2 aromatic carbocycles. The van der Waals surface area contributed by atoms with Crippen molar-refractivity contribution in [1.82, 2.24) is 15.0 Å². The van der Waals surface area contributed by atoms with Gasteiger partial charge in [0.1, 0.15) is 5.82 Å². The predicted octanol–water partition coefficient (Wildman–Crippen LogP) is 3.73. The number of carbonyl (C=O) groups excluding carboxylic acids is 1. The minimum Gasteiger partial charge on any atom is -0.337 e. The first-order valence-electron chi connectivity index (χ1n) is 7.58. The number of benzene rings is 2. The lowest BCUT2D eigenvalue weighted by Crippen LogP contribution is -2.27. The number of carbonyl (C=O) groups is 1. The molecule has 0 saturated heterocycles. The van der Waals surface area contributed by atoms with Crippen molar-refractivity contribution in [2.75, 3.05) is 7.05 Å². The minimum atomic E-state index is -0.329. The van der Waals surface area contributed by atoms with Crippen molar-refractivity contribution in [3.05, 3.63) is 70.8 Å². The predicted molar refractivity (Wildman–Crippen MR) is 91.3 cm³/mol. The summed E-state index contributed by atoms with van der Waals surface area (Å²) in [6, 6.07) is 12.9. The summed E-state index contributed by atoms with van der Waals surface area (Å²) in [5.74, 6) is 0.314. The molecule has 128 valence electrons. The Hall–Kier alpha value is -2.73. The second kappa shape index (κ2) is 7.44. The highest BCUT2D eigenvalue weighted by Crippen LogP contribution is 2.19. The zero-order valence-corrected chi connectivity index (χ0v) is 14.2. The average Bonchev–Trinajstić information content (AvgIpc) is 3.06. The Balaban J connectivity index is 1.62. The van der Waals surface area contributed by atoms with Gasteiger partial charge >= 0.3 is 0 Å². The van der Waals surface area contributed by atoms with E-state index in [2.05, 4.69) is 10.1 Å². The molecule has 0 saturated carbocycles. The van der Waals surface area contributed by atoms with E-state index in [4.69, 9.17) is 16.1 Å². The Morgan fingerprint density at radius 1 is 1.16 bits per heavy atom. The van der Waals surface area contributed by atoms with Gasteiger partial charge in [0.05, 0.1) is 13.0 Å². The summed E-state index contributed by atoms with van der Waals surface area (Å²) in [5.41, 5.74) is 1.52. The number of likely N-dealkylation sites (N-methyl/N-ethyl adjacent to an activating group) is 1. The smallest absolute Gasteiger partial charge is 0.246 e. The van der Waals surface area contributed by atoms with E-state index in [1.807, 2.05) is 0 Å². The molecule has 0 unspecified atom stereocenters. The van der Waals surface area contributed by atoms with Crippen LogP contribution in [0, 0.1) is 5.82 Å². The van der Waals surface area contributed by atoms with Crippen molar-refractivity contribution in [3.8, 4) is 11.4 Å². The Labute approximate surface area is 149 Å². The van der Waals surface area contributed by atoms with Crippen LogP contribution in [0.1, 0.15) is 11.5 Å². The van der Waals surface area contributed by atoms with Crippen molar-refractivity contribution in [2.24, 2.45) is 0 Å². The van der Waals surface area contributed by atoms with E-state index in [1.165, 1.54) is 17.0 Å². The maximum Gasteiger partial charge on any atom is 0.246 e. The van der Waals surface area contributed by atoms with Gasteiger partial charge in [-0.15, -0.1) is 0 Å². The maximum absolute atomic E-state index is 12.9. The summed E-state index contributed by atoms with van der Waals surface area (Å²) >= 11 is 5.85. The number of hydrogen-bond donors (Lipinski definition) is 0. The van der Waals surface area contributed by atoms with E-state index >= 15 is 0 Å². The van der Waals surface area contributed by atoms with Crippen LogP contribution in [-0.2, 0) is 17.8 Å². The second-order valence-corrected chi connectivity index (χ2v) is 6.01. The molecule has 0 aliphatic rings. The normalized spacial score (nSPS) is 10.7. The Kier molecular flexibility index (Phi) is 5.09. The van der Waals surface area contributed by atoms with Gasteiger partial charge in [0.15, 0.2) is 0 Å². The fourth-order valence-electron chi connectivity index (χ4n) is 2.24. The first kappa shape index (κ1) is 17.1. The second-order valence-electron chi connectivity index (χ2n) is 5.57. The molecular weight excluding hydrogens is 345 g/mol. The monoisotopic (exact) mass is 359 g/mol. The third kappa shape index (κ3) is 4.42. The van der Waals surface area contributed by atoms with E-state index in [0.717, 1.165) is 11.1 Å². The molecule has 3 aromatic rings. The van der Waals surface area contributed by atoms with Crippen LogP contribution in [0.15, 0.2) is 53.1 Å². The van der Waals surface area contributed by atoms with E-state index < -0.39 is 0 Å². The Morgan fingerprint density at radius 3 is 2.52 bits per heavy atom. The molecule has 7 heteroatoms. The highest BCUT2D eigenvalue weighted by atomic mass is 35.5. The van der Waals surface area contributed by atoms with Gasteiger partial charge in [-0.2, -0.15) is 4.98 Å². The molecule has 5 nitrogen and oxygen atoms in total. The number of rotatable bonds is 5. The van der Waals surface area contributed by atoms with Gasteiger partial charge < -0.3 is 9.42 Å². The fraction of sp³-hybridized carbons (Fsp3) is 0.167. The van der Waals surface area contributed by atoms with Gasteiger partial charge in [0.25, 0.3) is 0 Å². The van der Waals surface area contributed by atoms with Gasteiger partial charge in [-0.1, -0.05) is 28.9 Å². The maximum atomic E-state index is 12.9. The van der Waals surface area contributed by atoms with Crippen LogP contribution in [0.5, 0.6) is 0 Å². The van der Waals surface area contributed by atoms with Crippen molar-refractivity contribution < 1.29 is 13.7 Å². The van der Waals surface area contributed by atoms with Gasteiger partial charge in [-0.25, -0.2) is 4.39 Å². The molecule has 0 aliphatic carbocycles. The third-order valence-electron chi connectivity index (χ3n) is 3.64. The van der Waals surface area contributed by atoms with Crippen LogP contribution < -0.4 is 0 Å². The average molecular weight is 360 g/mol. The highest BCUT2D eigenvalue weighted by molar-refractivity contribution is 6.30. The lowest BCUT2D eigenvalue weighted by atomic mass is 10.1. The van der Waals surface area contributed by atoms with Crippen LogP contribution in [-0.4, -0.2) is 28.0 Å². The number of halogens is 2. The van der Waals surface area contributed by atoms with Crippen LogP contribution >= 0.6 is 11.6 Å². The first-order valence-corrected chi connectivity index (χ1v) is 7.96. The molecule has 0 fully saturated rings. The molecule has 1 heterocycles. The lowest BCUT2D eigenvalue weighted by molar-refractivity contribution is -0.130. The molecular formula is C18H15ClFN3O2. The number of aromatic nitrogens is 2. The lowest BCUT2D eigenvalue weighted by Gasteiger charge is -2.14. The summed E-state index contributed by atoms with van der Waals surface area (Å²) in [7, 11) is 1.65. The standard InChI is InChI=1S/C18H15ClFN3O2/c1-23(17(24)10-12-2-8-15(20)9-3-12)11-16-21-18(22-25-16)13-4-6-14(19)7-5-13/h2-9H,10-11H2,1H3. The summed E-state index contributed by atoms with van der Waals surface area (Å²) in [5, 5.41) is 4.54. The molecule has 0 radical (unpaired) electrons. The number of nitrogens with zero attached hydrogens (tertiary/aromatic N) is 3. The zero-order chi connectivity index (χ0) is 17.8. The van der Waals surface area contributed by atoms with Crippen LogP contribution in [0.25, 0.3) is 11.4 Å². The van der Waals surface area contributed by atoms with Gasteiger partial charge in [-0.05, 0) is 42.0 Å². The molecule has 0 spiro atoms. The summed E-state index contributed by atoms with van der Waals surface area (Å²) < 4.78 is 18.1. The van der Waals surface area contributed by atoms with Crippen LogP contribution in [0.3, 0.4) is 0 Å². The summed E-state index contributed by atoms with van der Waals surface area (Å²) in [4.78, 5) is 18.0. The Morgan fingerprint density at radius 2 is 1.84 bits per heavy atom. The molecule has 0 N–H and O–H groups in total.